The fourth-order valence-corrected chi connectivity index (χ4v) is 3.41. The zero-order chi connectivity index (χ0) is 20.4. The van der Waals surface area contributed by atoms with Crippen LogP contribution in [0.1, 0.15) is 0 Å². The molecule has 4 rings (SSSR count). The second kappa shape index (κ2) is 8.15. The topological polar surface area (TPSA) is 56.3 Å². The van der Waals surface area contributed by atoms with Crippen molar-refractivity contribution in [1.29, 1.82) is 0 Å². The molecule has 0 atom stereocenters. The van der Waals surface area contributed by atoms with E-state index in [0.29, 0.717) is 33.0 Å². The Morgan fingerprint density at radius 3 is 2.21 bits per heavy atom. The predicted octanol–water partition coefficient (Wildman–Crippen LogP) is 6.36. The van der Waals surface area contributed by atoms with Crippen LogP contribution in [0.5, 0.6) is 11.5 Å². The Morgan fingerprint density at radius 2 is 1.52 bits per heavy atom. The van der Waals surface area contributed by atoms with Crippen LogP contribution < -0.4 is 14.8 Å². The third-order valence-corrected chi connectivity index (χ3v) is 5.25. The van der Waals surface area contributed by atoms with Gasteiger partial charge in [-0.1, -0.05) is 53.5 Å². The van der Waals surface area contributed by atoms with Crippen LogP contribution in [0.4, 0.5) is 11.5 Å². The van der Waals surface area contributed by atoms with Gasteiger partial charge in [-0.3, -0.25) is 0 Å². The van der Waals surface area contributed by atoms with E-state index >= 15 is 0 Å². The SMILES string of the molecule is COc1ccc(OC)c(Nc2nnc(-c3ccccc3)c3cc(Cl)c(Cl)cc23)c1. The number of fused-ring (bicyclic) bond motifs is 1. The van der Waals surface area contributed by atoms with E-state index in [1.54, 1.807) is 20.3 Å². The molecule has 0 aliphatic rings. The Hall–Kier alpha value is -3.02. The molecule has 1 heterocycles. The average Bonchev–Trinajstić information content (AvgIpc) is 2.75. The van der Waals surface area contributed by atoms with Gasteiger partial charge < -0.3 is 14.8 Å². The molecule has 0 fully saturated rings. The summed E-state index contributed by atoms with van der Waals surface area (Å²) >= 11 is 12.6. The van der Waals surface area contributed by atoms with Crippen LogP contribution in [-0.2, 0) is 0 Å². The number of nitrogens with one attached hydrogen (secondary N) is 1. The number of anilines is 2. The van der Waals surface area contributed by atoms with E-state index in [4.69, 9.17) is 32.7 Å². The summed E-state index contributed by atoms with van der Waals surface area (Å²) in [5, 5.41) is 14.7. The summed E-state index contributed by atoms with van der Waals surface area (Å²) < 4.78 is 10.8. The van der Waals surface area contributed by atoms with Crippen molar-refractivity contribution in [3.05, 3.63) is 70.7 Å². The fraction of sp³-hybridized carbons (Fsp3) is 0.0909. The Labute approximate surface area is 178 Å². The summed E-state index contributed by atoms with van der Waals surface area (Å²) in [5.41, 5.74) is 2.36. The Bertz CT molecular complexity index is 1180. The van der Waals surface area contributed by atoms with E-state index < -0.39 is 0 Å². The van der Waals surface area contributed by atoms with E-state index in [1.807, 2.05) is 54.6 Å². The minimum Gasteiger partial charge on any atom is -0.497 e. The standard InChI is InChI=1S/C22H17Cl2N3O2/c1-28-14-8-9-20(29-2)19(10-14)25-22-16-12-18(24)17(23)11-15(16)21(26-27-22)13-6-4-3-5-7-13/h3-12H,1-2H3,(H,25,27). The maximum atomic E-state index is 6.31. The first-order chi connectivity index (χ1) is 14.1. The summed E-state index contributed by atoms with van der Waals surface area (Å²) in [5.74, 6) is 1.87. The molecule has 0 bridgehead atoms. The van der Waals surface area contributed by atoms with Crippen molar-refractivity contribution < 1.29 is 9.47 Å². The molecule has 0 radical (unpaired) electrons. The number of ether oxygens (including phenoxy) is 2. The third kappa shape index (κ3) is 3.79. The van der Waals surface area contributed by atoms with Crippen molar-refractivity contribution >= 4 is 45.5 Å². The van der Waals surface area contributed by atoms with Gasteiger partial charge in [0.1, 0.15) is 17.2 Å². The van der Waals surface area contributed by atoms with Crippen molar-refractivity contribution in [2.24, 2.45) is 0 Å². The van der Waals surface area contributed by atoms with Crippen LogP contribution >= 0.6 is 23.2 Å². The largest absolute Gasteiger partial charge is 0.497 e. The maximum absolute atomic E-state index is 6.31. The summed E-state index contributed by atoms with van der Waals surface area (Å²) in [4.78, 5) is 0. The summed E-state index contributed by atoms with van der Waals surface area (Å²) in [7, 11) is 3.21. The van der Waals surface area contributed by atoms with E-state index in [1.165, 1.54) is 0 Å². The van der Waals surface area contributed by atoms with Crippen LogP contribution in [0.15, 0.2) is 60.7 Å². The number of halogens is 2. The molecule has 1 N–H and O–H groups in total. The molecule has 0 aliphatic carbocycles. The lowest BCUT2D eigenvalue weighted by Crippen LogP contribution is -2.01. The lowest BCUT2D eigenvalue weighted by atomic mass is 10.0. The number of methoxy groups -OCH3 is 2. The van der Waals surface area contributed by atoms with Crippen LogP contribution in [0.25, 0.3) is 22.0 Å². The minimum atomic E-state index is 0.437. The normalized spacial score (nSPS) is 10.8. The van der Waals surface area contributed by atoms with Gasteiger partial charge in [0.2, 0.25) is 0 Å². The highest BCUT2D eigenvalue weighted by Gasteiger charge is 2.15. The highest BCUT2D eigenvalue weighted by Crippen LogP contribution is 2.38. The Kier molecular flexibility index (Phi) is 5.43. The molecule has 0 amide bonds. The quantitative estimate of drug-likeness (QED) is 0.402. The van der Waals surface area contributed by atoms with Gasteiger partial charge in [0.25, 0.3) is 0 Å². The second-order valence-corrected chi connectivity index (χ2v) is 7.08. The molecule has 1 aromatic heterocycles. The summed E-state index contributed by atoms with van der Waals surface area (Å²) in [6.45, 7) is 0. The smallest absolute Gasteiger partial charge is 0.161 e. The minimum absolute atomic E-state index is 0.437. The van der Waals surface area contributed by atoms with Crippen molar-refractivity contribution in [3.8, 4) is 22.8 Å². The highest BCUT2D eigenvalue weighted by molar-refractivity contribution is 6.43. The molecule has 0 unspecified atom stereocenters. The predicted molar refractivity (Wildman–Crippen MR) is 118 cm³/mol. The van der Waals surface area contributed by atoms with Gasteiger partial charge in [0, 0.05) is 22.4 Å². The fourth-order valence-electron chi connectivity index (χ4n) is 3.09. The molecule has 29 heavy (non-hydrogen) atoms. The first-order valence-corrected chi connectivity index (χ1v) is 9.56. The van der Waals surface area contributed by atoms with Gasteiger partial charge in [0.15, 0.2) is 5.82 Å². The number of benzene rings is 3. The molecule has 0 saturated heterocycles. The van der Waals surface area contributed by atoms with Gasteiger partial charge in [0.05, 0.1) is 30.0 Å². The van der Waals surface area contributed by atoms with Crippen LogP contribution in [0.2, 0.25) is 10.0 Å². The zero-order valence-corrected chi connectivity index (χ0v) is 17.3. The average molecular weight is 426 g/mol. The molecule has 5 nitrogen and oxygen atoms in total. The molecular formula is C22H17Cl2N3O2. The molecular weight excluding hydrogens is 409 g/mol. The van der Waals surface area contributed by atoms with Gasteiger partial charge in [-0.05, 0) is 24.3 Å². The van der Waals surface area contributed by atoms with Gasteiger partial charge in [-0.15, -0.1) is 10.2 Å². The van der Waals surface area contributed by atoms with E-state index in [0.717, 1.165) is 22.0 Å². The number of rotatable bonds is 5. The molecule has 146 valence electrons. The maximum Gasteiger partial charge on any atom is 0.161 e. The van der Waals surface area contributed by atoms with Crippen molar-refractivity contribution in [2.45, 2.75) is 0 Å². The number of hydrogen-bond donors (Lipinski definition) is 1. The van der Waals surface area contributed by atoms with Crippen molar-refractivity contribution in [2.75, 3.05) is 19.5 Å². The Morgan fingerprint density at radius 1 is 0.793 bits per heavy atom. The molecule has 7 heteroatoms. The first kappa shape index (κ1) is 19.3. The lowest BCUT2D eigenvalue weighted by molar-refractivity contribution is 0.405. The van der Waals surface area contributed by atoms with Gasteiger partial charge in [-0.25, -0.2) is 0 Å². The van der Waals surface area contributed by atoms with E-state index in [-0.39, 0.29) is 0 Å². The summed E-state index contributed by atoms with van der Waals surface area (Å²) in [6, 6.07) is 18.9. The van der Waals surface area contributed by atoms with Crippen LogP contribution in [0, 0.1) is 0 Å². The molecule has 3 aromatic carbocycles. The molecule has 0 saturated carbocycles. The first-order valence-electron chi connectivity index (χ1n) is 8.80. The van der Waals surface area contributed by atoms with Crippen molar-refractivity contribution in [1.82, 2.24) is 10.2 Å². The van der Waals surface area contributed by atoms with Crippen LogP contribution in [-0.4, -0.2) is 24.4 Å². The monoisotopic (exact) mass is 425 g/mol. The molecule has 4 aromatic rings. The Balaban J connectivity index is 1.90. The number of aromatic nitrogens is 2. The van der Waals surface area contributed by atoms with E-state index in [2.05, 4.69) is 15.5 Å². The molecule has 0 aliphatic heterocycles. The van der Waals surface area contributed by atoms with E-state index in [9.17, 15) is 0 Å². The van der Waals surface area contributed by atoms with Crippen LogP contribution in [0.3, 0.4) is 0 Å². The number of nitrogens with zero attached hydrogens (tertiary/aromatic N) is 2. The number of hydrogen-bond acceptors (Lipinski definition) is 5. The van der Waals surface area contributed by atoms with Crippen molar-refractivity contribution in [3.63, 3.8) is 0 Å². The van der Waals surface area contributed by atoms with Gasteiger partial charge >= 0.3 is 0 Å². The molecule has 0 spiro atoms. The van der Waals surface area contributed by atoms with Gasteiger partial charge in [-0.2, -0.15) is 0 Å². The lowest BCUT2D eigenvalue weighted by Gasteiger charge is -2.15. The highest BCUT2D eigenvalue weighted by atomic mass is 35.5. The summed E-state index contributed by atoms with van der Waals surface area (Å²) in [6.07, 6.45) is 0. The third-order valence-electron chi connectivity index (χ3n) is 4.53. The second-order valence-electron chi connectivity index (χ2n) is 6.27. The zero-order valence-electron chi connectivity index (χ0n) is 15.7.